The molecule has 0 radical (unpaired) electrons. The molecule has 1 heteroatoms. The van der Waals surface area contributed by atoms with E-state index in [0.29, 0.717) is 5.41 Å². The van der Waals surface area contributed by atoms with Gasteiger partial charge in [0.2, 0.25) is 0 Å². The Bertz CT molecular complexity index is 332. The van der Waals surface area contributed by atoms with Gasteiger partial charge in [0, 0.05) is 12.2 Å². The summed E-state index contributed by atoms with van der Waals surface area (Å²) in [5.41, 5.74) is 3.34. The fourth-order valence-electron chi connectivity index (χ4n) is 2.95. The number of anilines is 1. The lowest BCUT2D eigenvalue weighted by Crippen LogP contribution is -2.33. The van der Waals surface area contributed by atoms with Crippen LogP contribution in [0.4, 0.5) is 5.69 Å². The molecule has 1 aliphatic heterocycles. The lowest BCUT2D eigenvalue weighted by molar-refractivity contribution is 0.348. The van der Waals surface area contributed by atoms with E-state index in [1.807, 2.05) is 0 Å². The molecule has 15 heavy (non-hydrogen) atoms. The van der Waals surface area contributed by atoms with Crippen LogP contribution in [-0.4, -0.2) is 6.54 Å². The van der Waals surface area contributed by atoms with E-state index in [1.165, 1.54) is 31.4 Å². The van der Waals surface area contributed by atoms with Crippen LogP contribution in [0.2, 0.25) is 0 Å². The van der Waals surface area contributed by atoms with Crippen molar-refractivity contribution in [2.24, 2.45) is 0 Å². The number of hydrogen-bond donors (Lipinski definition) is 1. The Hall–Kier alpha value is -0.980. The number of hydrogen-bond acceptors (Lipinski definition) is 1. The van der Waals surface area contributed by atoms with E-state index in [4.69, 9.17) is 0 Å². The van der Waals surface area contributed by atoms with Crippen molar-refractivity contribution in [1.82, 2.24) is 0 Å². The molecular weight excluding hydrogens is 182 g/mol. The molecular formula is C14H21N. The van der Waals surface area contributed by atoms with Gasteiger partial charge in [-0.3, -0.25) is 0 Å². The number of fused-ring (bicyclic) bond motifs is 1. The summed E-state index contributed by atoms with van der Waals surface area (Å²) in [6, 6.07) is 8.82. The van der Waals surface area contributed by atoms with Crippen LogP contribution >= 0.6 is 0 Å². The van der Waals surface area contributed by atoms with Gasteiger partial charge in [-0.1, -0.05) is 38.5 Å². The van der Waals surface area contributed by atoms with E-state index in [2.05, 4.69) is 43.4 Å². The Balaban J connectivity index is 2.42. The smallest absolute Gasteiger partial charge is 0.0378 e. The molecule has 1 aromatic carbocycles. The fourth-order valence-corrected chi connectivity index (χ4v) is 2.95. The zero-order valence-corrected chi connectivity index (χ0v) is 9.84. The summed E-state index contributed by atoms with van der Waals surface area (Å²) in [4.78, 5) is 0. The van der Waals surface area contributed by atoms with Crippen LogP contribution < -0.4 is 5.32 Å². The predicted molar refractivity (Wildman–Crippen MR) is 66.4 cm³/mol. The van der Waals surface area contributed by atoms with Gasteiger partial charge in [-0.15, -0.1) is 0 Å². The van der Waals surface area contributed by atoms with Crippen molar-refractivity contribution in [3.05, 3.63) is 29.8 Å². The topological polar surface area (TPSA) is 12.0 Å². The SMILES string of the molecule is CCCC1(CC)CCNc2ccccc21. The average Bonchev–Trinajstić information content (AvgIpc) is 2.30. The lowest BCUT2D eigenvalue weighted by Gasteiger charge is -2.39. The minimum Gasteiger partial charge on any atom is -0.385 e. The summed E-state index contributed by atoms with van der Waals surface area (Å²) in [6.07, 6.45) is 5.15. The van der Waals surface area contributed by atoms with Crippen LogP contribution in [0.15, 0.2) is 24.3 Å². The van der Waals surface area contributed by atoms with Crippen molar-refractivity contribution in [2.45, 2.75) is 44.9 Å². The van der Waals surface area contributed by atoms with Crippen molar-refractivity contribution < 1.29 is 0 Å². The van der Waals surface area contributed by atoms with Crippen molar-refractivity contribution in [2.75, 3.05) is 11.9 Å². The molecule has 1 aromatic rings. The molecule has 1 atom stereocenters. The Morgan fingerprint density at radius 2 is 2.07 bits per heavy atom. The third-order valence-corrected chi connectivity index (χ3v) is 3.82. The molecule has 1 heterocycles. The van der Waals surface area contributed by atoms with Gasteiger partial charge in [0.05, 0.1) is 0 Å². The Kier molecular flexibility index (Phi) is 2.99. The van der Waals surface area contributed by atoms with Crippen LogP contribution in [0.3, 0.4) is 0 Å². The molecule has 1 N–H and O–H groups in total. The van der Waals surface area contributed by atoms with Crippen molar-refractivity contribution in [3.63, 3.8) is 0 Å². The zero-order valence-electron chi connectivity index (χ0n) is 9.84. The molecule has 1 aliphatic rings. The van der Waals surface area contributed by atoms with Gasteiger partial charge < -0.3 is 5.32 Å². The highest BCUT2D eigenvalue weighted by Crippen LogP contribution is 2.42. The van der Waals surface area contributed by atoms with E-state index in [0.717, 1.165) is 6.54 Å². The normalized spacial score (nSPS) is 24.4. The van der Waals surface area contributed by atoms with E-state index in [9.17, 15) is 0 Å². The number of rotatable bonds is 3. The van der Waals surface area contributed by atoms with Crippen LogP contribution in [-0.2, 0) is 5.41 Å². The Morgan fingerprint density at radius 3 is 2.80 bits per heavy atom. The second kappa shape index (κ2) is 4.26. The lowest BCUT2D eigenvalue weighted by atomic mass is 9.70. The van der Waals surface area contributed by atoms with E-state index in [-0.39, 0.29) is 0 Å². The fraction of sp³-hybridized carbons (Fsp3) is 0.571. The Labute approximate surface area is 92.9 Å². The first-order valence-corrected chi connectivity index (χ1v) is 6.16. The zero-order chi connectivity index (χ0) is 10.7. The number of benzene rings is 1. The maximum atomic E-state index is 3.51. The molecule has 0 aliphatic carbocycles. The highest BCUT2D eigenvalue weighted by molar-refractivity contribution is 5.56. The van der Waals surface area contributed by atoms with Gasteiger partial charge in [-0.25, -0.2) is 0 Å². The molecule has 0 fully saturated rings. The molecule has 0 aromatic heterocycles. The van der Waals surface area contributed by atoms with Gasteiger partial charge in [0.1, 0.15) is 0 Å². The second-order valence-corrected chi connectivity index (χ2v) is 4.61. The largest absolute Gasteiger partial charge is 0.385 e. The quantitative estimate of drug-likeness (QED) is 0.784. The summed E-state index contributed by atoms with van der Waals surface area (Å²) in [5.74, 6) is 0. The third-order valence-electron chi connectivity index (χ3n) is 3.82. The average molecular weight is 203 g/mol. The monoisotopic (exact) mass is 203 g/mol. The standard InChI is InChI=1S/C14H21N/c1-3-9-14(4-2)10-11-15-13-8-6-5-7-12(13)14/h5-8,15H,3-4,9-11H2,1-2H3. The summed E-state index contributed by atoms with van der Waals surface area (Å²) in [5, 5.41) is 3.51. The van der Waals surface area contributed by atoms with E-state index in [1.54, 1.807) is 5.56 Å². The molecule has 0 spiro atoms. The van der Waals surface area contributed by atoms with Gasteiger partial charge in [-0.05, 0) is 36.3 Å². The van der Waals surface area contributed by atoms with Crippen molar-refractivity contribution >= 4 is 5.69 Å². The first-order valence-electron chi connectivity index (χ1n) is 6.16. The first-order chi connectivity index (χ1) is 7.32. The van der Waals surface area contributed by atoms with Gasteiger partial charge >= 0.3 is 0 Å². The predicted octanol–water partition coefficient (Wildman–Crippen LogP) is 3.95. The maximum Gasteiger partial charge on any atom is 0.0378 e. The van der Waals surface area contributed by atoms with Gasteiger partial charge in [0.25, 0.3) is 0 Å². The first kappa shape index (κ1) is 10.5. The third kappa shape index (κ3) is 1.75. The van der Waals surface area contributed by atoms with Gasteiger partial charge in [-0.2, -0.15) is 0 Å². The summed E-state index contributed by atoms with van der Waals surface area (Å²) < 4.78 is 0. The summed E-state index contributed by atoms with van der Waals surface area (Å²) >= 11 is 0. The summed E-state index contributed by atoms with van der Waals surface area (Å²) in [7, 11) is 0. The molecule has 82 valence electrons. The minimum absolute atomic E-state index is 0.441. The number of para-hydroxylation sites is 1. The van der Waals surface area contributed by atoms with Crippen LogP contribution in [0.25, 0.3) is 0 Å². The molecule has 1 unspecified atom stereocenters. The van der Waals surface area contributed by atoms with Crippen LogP contribution in [0.5, 0.6) is 0 Å². The van der Waals surface area contributed by atoms with Gasteiger partial charge in [0.15, 0.2) is 0 Å². The van der Waals surface area contributed by atoms with E-state index < -0.39 is 0 Å². The molecule has 1 nitrogen and oxygen atoms in total. The summed E-state index contributed by atoms with van der Waals surface area (Å²) in [6.45, 7) is 5.75. The molecule has 2 rings (SSSR count). The number of nitrogens with one attached hydrogen (secondary N) is 1. The van der Waals surface area contributed by atoms with Crippen LogP contribution in [0, 0.1) is 0 Å². The molecule has 0 bridgehead atoms. The second-order valence-electron chi connectivity index (χ2n) is 4.61. The molecule has 0 saturated heterocycles. The maximum absolute atomic E-state index is 3.51. The van der Waals surface area contributed by atoms with Crippen LogP contribution in [0.1, 0.15) is 45.1 Å². The molecule has 0 amide bonds. The van der Waals surface area contributed by atoms with Crippen molar-refractivity contribution in [3.8, 4) is 0 Å². The highest BCUT2D eigenvalue weighted by Gasteiger charge is 2.33. The van der Waals surface area contributed by atoms with Crippen molar-refractivity contribution in [1.29, 1.82) is 0 Å². The minimum atomic E-state index is 0.441. The highest BCUT2D eigenvalue weighted by atomic mass is 14.9. The Morgan fingerprint density at radius 1 is 1.27 bits per heavy atom. The molecule has 0 saturated carbocycles. The van der Waals surface area contributed by atoms with E-state index >= 15 is 0 Å².